The lowest BCUT2D eigenvalue weighted by Gasteiger charge is -2.18. The van der Waals surface area contributed by atoms with E-state index in [0.29, 0.717) is 0 Å². The largest absolute Gasteiger partial charge is 0.0980 e. The van der Waals surface area contributed by atoms with E-state index in [-0.39, 0.29) is 0 Å². The van der Waals surface area contributed by atoms with Crippen LogP contribution in [0.15, 0.2) is 58.9 Å². The molecule has 90 valence electrons. The zero-order valence-electron chi connectivity index (χ0n) is 10.3. The van der Waals surface area contributed by atoms with Crippen LogP contribution in [-0.4, -0.2) is 0 Å². The van der Waals surface area contributed by atoms with Crippen LogP contribution < -0.4 is 0 Å². The number of thioether (sulfide) groups is 1. The molecule has 0 saturated heterocycles. The first-order chi connectivity index (χ1) is 8.38. The molecule has 0 amide bonds. The van der Waals surface area contributed by atoms with Crippen LogP contribution in [0.25, 0.3) is 0 Å². The summed E-state index contributed by atoms with van der Waals surface area (Å²) >= 11 is 1.83. The average molecular weight is 244 g/mol. The Kier molecular flexibility index (Phi) is 4.93. The fourth-order valence-electron chi connectivity index (χ4n) is 2.30. The maximum atomic E-state index is 3.93. The number of allylic oxidation sites excluding steroid dienone is 2. The number of hydrogen-bond acceptors (Lipinski definition) is 1. The lowest BCUT2D eigenvalue weighted by Crippen LogP contribution is -2.03. The molecule has 1 aromatic carbocycles. The maximum absolute atomic E-state index is 3.93. The van der Waals surface area contributed by atoms with Crippen LogP contribution in [0.1, 0.15) is 32.1 Å². The van der Waals surface area contributed by atoms with E-state index < -0.39 is 0 Å². The van der Waals surface area contributed by atoms with Crippen molar-refractivity contribution in [2.75, 3.05) is 0 Å². The van der Waals surface area contributed by atoms with Crippen molar-refractivity contribution in [3.05, 3.63) is 54.0 Å². The van der Waals surface area contributed by atoms with Gasteiger partial charge in [0, 0.05) is 9.80 Å². The molecule has 0 spiro atoms. The van der Waals surface area contributed by atoms with Gasteiger partial charge in [0.25, 0.3) is 0 Å². The van der Waals surface area contributed by atoms with Gasteiger partial charge in [-0.3, -0.25) is 0 Å². The Bertz CT molecular complexity index is 372. The summed E-state index contributed by atoms with van der Waals surface area (Å²) in [6.45, 7) is 3.93. The van der Waals surface area contributed by atoms with E-state index in [9.17, 15) is 0 Å². The van der Waals surface area contributed by atoms with Gasteiger partial charge in [-0.15, -0.1) is 0 Å². The van der Waals surface area contributed by atoms with E-state index >= 15 is 0 Å². The molecule has 0 aliphatic heterocycles. The van der Waals surface area contributed by atoms with Crippen LogP contribution in [0, 0.1) is 5.92 Å². The van der Waals surface area contributed by atoms with Gasteiger partial charge in [0.15, 0.2) is 0 Å². The molecule has 1 aliphatic carbocycles. The van der Waals surface area contributed by atoms with Gasteiger partial charge in [0.05, 0.1) is 0 Å². The lowest BCUT2D eigenvalue weighted by molar-refractivity contribution is 0.419. The first-order valence-corrected chi connectivity index (χ1v) is 7.27. The average Bonchev–Trinajstić information content (AvgIpc) is 2.40. The van der Waals surface area contributed by atoms with Crippen LogP contribution in [0.4, 0.5) is 0 Å². The number of benzene rings is 1. The molecule has 0 nitrogen and oxygen atoms in total. The molecule has 0 unspecified atom stereocenters. The van der Waals surface area contributed by atoms with Crippen molar-refractivity contribution in [3.63, 3.8) is 0 Å². The van der Waals surface area contributed by atoms with E-state index in [4.69, 9.17) is 0 Å². The van der Waals surface area contributed by atoms with E-state index in [1.165, 1.54) is 41.9 Å². The molecule has 1 heteroatoms. The first-order valence-electron chi connectivity index (χ1n) is 6.45. The summed E-state index contributed by atoms with van der Waals surface area (Å²) in [5, 5.41) is 0. The van der Waals surface area contributed by atoms with Crippen molar-refractivity contribution < 1.29 is 0 Å². The highest BCUT2D eigenvalue weighted by atomic mass is 32.2. The Balaban J connectivity index is 2.00. The lowest BCUT2D eigenvalue weighted by atomic mass is 9.89. The molecule has 2 rings (SSSR count). The molecule has 0 aromatic heterocycles. The molecule has 0 heterocycles. The Morgan fingerprint density at radius 3 is 2.47 bits per heavy atom. The van der Waals surface area contributed by atoms with Crippen molar-refractivity contribution in [2.24, 2.45) is 5.92 Å². The van der Waals surface area contributed by atoms with E-state index in [1.54, 1.807) is 0 Å². The molecule has 1 aliphatic rings. The summed E-state index contributed by atoms with van der Waals surface area (Å²) in [7, 11) is 0. The number of rotatable bonds is 4. The predicted octanol–water partition coefficient (Wildman–Crippen LogP) is 5.43. The Hall–Kier alpha value is -0.950. The monoisotopic (exact) mass is 244 g/mol. The van der Waals surface area contributed by atoms with Crippen molar-refractivity contribution in [3.8, 4) is 0 Å². The summed E-state index contributed by atoms with van der Waals surface area (Å²) in [5.74, 6) is 0.771. The Morgan fingerprint density at radius 2 is 1.82 bits per heavy atom. The third kappa shape index (κ3) is 4.08. The second-order valence-electron chi connectivity index (χ2n) is 4.59. The second-order valence-corrected chi connectivity index (χ2v) is 5.73. The third-order valence-corrected chi connectivity index (χ3v) is 4.28. The quantitative estimate of drug-likeness (QED) is 0.503. The van der Waals surface area contributed by atoms with Crippen LogP contribution >= 0.6 is 11.8 Å². The van der Waals surface area contributed by atoms with Gasteiger partial charge in [0.2, 0.25) is 0 Å². The summed E-state index contributed by atoms with van der Waals surface area (Å²) < 4.78 is 0. The smallest absolute Gasteiger partial charge is 0.0122 e. The Labute approximate surface area is 109 Å². The molecule has 0 bridgehead atoms. The normalized spacial score (nSPS) is 18.0. The minimum Gasteiger partial charge on any atom is -0.0980 e. The molecule has 0 atom stereocenters. The fourth-order valence-corrected chi connectivity index (χ4v) is 3.21. The van der Waals surface area contributed by atoms with Crippen LogP contribution in [0.3, 0.4) is 0 Å². The second kappa shape index (κ2) is 6.70. The summed E-state index contributed by atoms with van der Waals surface area (Å²) in [5.41, 5.74) is 0. The summed E-state index contributed by atoms with van der Waals surface area (Å²) in [6.07, 6.45) is 11.3. The molecule has 17 heavy (non-hydrogen) atoms. The molecule has 1 saturated carbocycles. The van der Waals surface area contributed by atoms with Gasteiger partial charge in [-0.25, -0.2) is 0 Å². The van der Waals surface area contributed by atoms with Crippen molar-refractivity contribution in [2.45, 2.75) is 37.0 Å². The van der Waals surface area contributed by atoms with E-state index in [0.717, 1.165) is 5.92 Å². The van der Waals surface area contributed by atoms with E-state index in [2.05, 4.69) is 43.0 Å². The molecule has 0 radical (unpaired) electrons. The van der Waals surface area contributed by atoms with Crippen molar-refractivity contribution in [1.29, 1.82) is 0 Å². The van der Waals surface area contributed by atoms with Crippen molar-refractivity contribution >= 4 is 11.8 Å². The Morgan fingerprint density at radius 1 is 1.12 bits per heavy atom. The van der Waals surface area contributed by atoms with Crippen LogP contribution in [0.2, 0.25) is 0 Å². The van der Waals surface area contributed by atoms with Crippen LogP contribution in [0.5, 0.6) is 0 Å². The number of hydrogen-bond donors (Lipinski definition) is 0. The molecule has 0 N–H and O–H groups in total. The highest BCUT2D eigenvalue weighted by Crippen LogP contribution is 2.32. The van der Waals surface area contributed by atoms with Gasteiger partial charge in [-0.1, -0.05) is 68.0 Å². The minimum absolute atomic E-state index is 0.771. The van der Waals surface area contributed by atoms with Crippen molar-refractivity contribution in [1.82, 2.24) is 0 Å². The molecular formula is C16H20S. The predicted molar refractivity (Wildman–Crippen MR) is 77.2 cm³/mol. The topological polar surface area (TPSA) is 0 Å². The summed E-state index contributed by atoms with van der Waals surface area (Å²) in [4.78, 5) is 2.61. The molecular weight excluding hydrogens is 224 g/mol. The van der Waals surface area contributed by atoms with Gasteiger partial charge in [0.1, 0.15) is 0 Å². The zero-order valence-corrected chi connectivity index (χ0v) is 11.1. The van der Waals surface area contributed by atoms with Gasteiger partial charge in [-0.05, 0) is 30.9 Å². The highest BCUT2D eigenvalue weighted by molar-refractivity contribution is 8.03. The standard InChI is InChI=1S/C16H20S/c1-2-15(13-14-9-5-3-6-10-14)17-16-11-7-4-8-12-16/h2,4,7-8,11-14H,1,3,5-6,9-10H2/b15-13-. The zero-order chi connectivity index (χ0) is 11.9. The molecule has 1 aromatic rings. The van der Waals surface area contributed by atoms with Gasteiger partial charge in [-0.2, -0.15) is 0 Å². The van der Waals surface area contributed by atoms with E-state index in [1.807, 2.05) is 17.8 Å². The maximum Gasteiger partial charge on any atom is 0.0122 e. The van der Waals surface area contributed by atoms with Gasteiger partial charge < -0.3 is 0 Å². The fraction of sp³-hybridized carbons (Fsp3) is 0.375. The minimum atomic E-state index is 0.771. The molecule has 1 fully saturated rings. The SMILES string of the molecule is C=C/C(=C/C1CCCCC1)Sc1ccccc1. The first kappa shape index (κ1) is 12.5. The highest BCUT2D eigenvalue weighted by Gasteiger charge is 2.11. The van der Waals surface area contributed by atoms with Gasteiger partial charge >= 0.3 is 0 Å². The summed E-state index contributed by atoms with van der Waals surface area (Å²) in [6, 6.07) is 10.5. The van der Waals surface area contributed by atoms with Crippen LogP contribution in [-0.2, 0) is 0 Å². The third-order valence-electron chi connectivity index (χ3n) is 3.23.